The number of aryl methyl sites for hydroxylation is 1. The molecule has 102 valence electrons. The van der Waals surface area contributed by atoms with Gasteiger partial charge in [0.15, 0.2) is 0 Å². The number of nitrogens with zero attached hydrogens (tertiary/aromatic N) is 2. The van der Waals surface area contributed by atoms with Crippen molar-refractivity contribution in [2.24, 2.45) is 11.8 Å². The Morgan fingerprint density at radius 1 is 1.37 bits per heavy atom. The molecule has 0 amide bonds. The van der Waals surface area contributed by atoms with Gasteiger partial charge in [-0.05, 0) is 25.0 Å². The Labute approximate surface area is 113 Å². The topological polar surface area (TPSA) is 55.1 Å². The summed E-state index contributed by atoms with van der Waals surface area (Å²) in [6, 6.07) is 7.93. The molecule has 1 heterocycles. The van der Waals surface area contributed by atoms with Crippen LogP contribution in [0, 0.1) is 11.8 Å². The van der Waals surface area contributed by atoms with Crippen molar-refractivity contribution in [3.8, 4) is 0 Å². The van der Waals surface area contributed by atoms with E-state index < -0.39 is 5.97 Å². The van der Waals surface area contributed by atoms with Gasteiger partial charge in [0.05, 0.1) is 17.0 Å². The zero-order valence-corrected chi connectivity index (χ0v) is 11.6. The van der Waals surface area contributed by atoms with Gasteiger partial charge in [-0.25, -0.2) is 4.98 Å². The van der Waals surface area contributed by atoms with E-state index >= 15 is 0 Å². The van der Waals surface area contributed by atoms with Gasteiger partial charge in [-0.15, -0.1) is 0 Å². The minimum atomic E-state index is -0.746. The summed E-state index contributed by atoms with van der Waals surface area (Å²) in [6.07, 6.45) is 0.482. The van der Waals surface area contributed by atoms with Crippen LogP contribution >= 0.6 is 0 Å². The zero-order valence-electron chi connectivity index (χ0n) is 11.6. The van der Waals surface area contributed by atoms with Crippen LogP contribution in [0.25, 0.3) is 11.0 Å². The molecule has 2 aromatic rings. The fraction of sp³-hybridized carbons (Fsp3) is 0.467. The second kappa shape index (κ2) is 5.43. The van der Waals surface area contributed by atoms with Crippen LogP contribution in [-0.4, -0.2) is 20.6 Å². The van der Waals surface area contributed by atoms with E-state index in [1.54, 1.807) is 0 Å². The number of hydrogen-bond acceptors (Lipinski definition) is 2. The first kappa shape index (κ1) is 13.6. The first-order chi connectivity index (χ1) is 9.04. The highest BCUT2D eigenvalue weighted by atomic mass is 16.4. The molecule has 0 saturated carbocycles. The number of fused-ring (bicyclic) bond motifs is 1. The molecule has 0 bridgehead atoms. The van der Waals surface area contributed by atoms with E-state index in [2.05, 4.69) is 16.5 Å². The monoisotopic (exact) mass is 260 g/mol. The Kier molecular flexibility index (Phi) is 3.88. The fourth-order valence-corrected chi connectivity index (χ4v) is 2.44. The molecule has 4 nitrogen and oxygen atoms in total. The molecule has 1 atom stereocenters. The average molecular weight is 260 g/mol. The Hall–Kier alpha value is -1.84. The third-order valence-electron chi connectivity index (χ3n) is 3.57. The van der Waals surface area contributed by atoms with Crippen LogP contribution in [0.5, 0.6) is 0 Å². The first-order valence-corrected chi connectivity index (χ1v) is 6.71. The number of carboxylic acid groups (broad SMARTS) is 1. The SMILES string of the molecule is CCn1c(CC(C(=O)O)C(C)C)nc2ccccc21. The number of aromatic nitrogens is 2. The average Bonchev–Trinajstić information content (AvgIpc) is 2.72. The van der Waals surface area contributed by atoms with Crippen molar-refractivity contribution in [1.29, 1.82) is 0 Å². The summed E-state index contributed by atoms with van der Waals surface area (Å²) < 4.78 is 2.10. The minimum Gasteiger partial charge on any atom is -0.481 e. The van der Waals surface area contributed by atoms with E-state index in [1.807, 2.05) is 38.1 Å². The second-order valence-electron chi connectivity index (χ2n) is 5.15. The molecule has 0 fully saturated rings. The van der Waals surface area contributed by atoms with Gasteiger partial charge in [0, 0.05) is 13.0 Å². The maximum Gasteiger partial charge on any atom is 0.307 e. The number of hydrogen-bond donors (Lipinski definition) is 1. The van der Waals surface area contributed by atoms with Gasteiger partial charge in [0.1, 0.15) is 5.82 Å². The lowest BCUT2D eigenvalue weighted by Crippen LogP contribution is -2.23. The Morgan fingerprint density at radius 3 is 2.63 bits per heavy atom. The van der Waals surface area contributed by atoms with Crippen molar-refractivity contribution in [2.45, 2.75) is 33.7 Å². The van der Waals surface area contributed by atoms with Crippen LogP contribution in [0.4, 0.5) is 0 Å². The van der Waals surface area contributed by atoms with Crippen LogP contribution in [0.2, 0.25) is 0 Å². The van der Waals surface area contributed by atoms with Crippen molar-refractivity contribution >= 4 is 17.0 Å². The Bertz CT molecular complexity index is 587. The summed E-state index contributed by atoms with van der Waals surface area (Å²) in [4.78, 5) is 15.9. The summed E-state index contributed by atoms with van der Waals surface area (Å²) in [5.41, 5.74) is 2.01. The number of rotatable bonds is 5. The van der Waals surface area contributed by atoms with Crippen LogP contribution in [0.3, 0.4) is 0 Å². The molecule has 2 rings (SSSR count). The van der Waals surface area contributed by atoms with Gasteiger partial charge in [0.2, 0.25) is 0 Å². The zero-order chi connectivity index (χ0) is 14.0. The van der Waals surface area contributed by atoms with E-state index in [0.29, 0.717) is 6.42 Å². The molecule has 0 saturated heterocycles. The highest BCUT2D eigenvalue weighted by molar-refractivity contribution is 5.76. The predicted molar refractivity (Wildman–Crippen MR) is 75.1 cm³/mol. The molecule has 4 heteroatoms. The lowest BCUT2D eigenvalue weighted by molar-refractivity contribution is -0.143. The van der Waals surface area contributed by atoms with Crippen molar-refractivity contribution in [1.82, 2.24) is 9.55 Å². The normalized spacial score (nSPS) is 13.1. The number of aliphatic carboxylic acids is 1. The summed E-state index contributed by atoms with van der Waals surface area (Å²) in [7, 11) is 0. The lowest BCUT2D eigenvalue weighted by Gasteiger charge is -2.16. The molecule has 0 radical (unpaired) electrons. The van der Waals surface area contributed by atoms with Crippen LogP contribution in [0.15, 0.2) is 24.3 Å². The third-order valence-corrected chi connectivity index (χ3v) is 3.57. The van der Waals surface area contributed by atoms with Gasteiger partial charge in [0.25, 0.3) is 0 Å². The molecule has 0 aliphatic heterocycles. The molecule has 1 N–H and O–H groups in total. The number of carbonyl (C=O) groups is 1. The van der Waals surface area contributed by atoms with Crippen molar-refractivity contribution < 1.29 is 9.90 Å². The Morgan fingerprint density at radius 2 is 2.05 bits per heavy atom. The van der Waals surface area contributed by atoms with Gasteiger partial charge in [-0.1, -0.05) is 26.0 Å². The quantitative estimate of drug-likeness (QED) is 0.899. The summed E-state index contributed by atoms with van der Waals surface area (Å²) in [6.45, 7) is 6.75. The molecule has 0 aliphatic carbocycles. The van der Waals surface area contributed by atoms with E-state index in [-0.39, 0.29) is 11.8 Å². The van der Waals surface area contributed by atoms with E-state index in [1.165, 1.54) is 0 Å². The highest BCUT2D eigenvalue weighted by Gasteiger charge is 2.24. The van der Waals surface area contributed by atoms with E-state index in [9.17, 15) is 9.90 Å². The van der Waals surface area contributed by atoms with E-state index in [4.69, 9.17) is 0 Å². The fourth-order valence-electron chi connectivity index (χ4n) is 2.44. The lowest BCUT2D eigenvalue weighted by atomic mass is 9.92. The summed E-state index contributed by atoms with van der Waals surface area (Å²) in [5.74, 6) is -0.167. The minimum absolute atomic E-state index is 0.0996. The molecule has 1 aromatic carbocycles. The number of carboxylic acids is 1. The van der Waals surface area contributed by atoms with Gasteiger partial charge >= 0.3 is 5.97 Å². The standard InChI is InChI=1S/C15H20N2O2/c1-4-17-13-8-6-5-7-12(13)16-14(17)9-11(10(2)3)15(18)19/h5-8,10-11H,4,9H2,1-3H3,(H,18,19). The first-order valence-electron chi connectivity index (χ1n) is 6.71. The van der Waals surface area contributed by atoms with Gasteiger partial charge in [-0.3, -0.25) is 4.79 Å². The smallest absolute Gasteiger partial charge is 0.307 e. The molecule has 0 spiro atoms. The number of imidazole rings is 1. The highest BCUT2D eigenvalue weighted by Crippen LogP contribution is 2.21. The molecule has 1 unspecified atom stereocenters. The number of benzene rings is 1. The Balaban J connectivity index is 2.42. The summed E-state index contributed by atoms with van der Waals surface area (Å²) in [5, 5.41) is 9.31. The van der Waals surface area contributed by atoms with Gasteiger partial charge < -0.3 is 9.67 Å². The number of para-hydroxylation sites is 2. The largest absolute Gasteiger partial charge is 0.481 e. The van der Waals surface area contributed by atoms with Gasteiger partial charge in [-0.2, -0.15) is 0 Å². The van der Waals surface area contributed by atoms with E-state index in [0.717, 1.165) is 23.4 Å². The summed E-state index contributed by atoms with van der Waals surface area (Å²) >= 11 is 0. The predicted octanol–water partition coefficient (Wildman–Crippen LogP) is 2.96. The van der Waals surface area contributed by atoms with Crippen LogP contribution < -0.4 is 0 Å². The van der Waals surface area contributed by atoms with Crippen LogP contribution in [0.1, 0.15) is 26.6 Å². The van der Waals surface area contributed by atoms with Crippen molar-refractivity contribution in [3.05, 3.63) is 30.1 Å². The van der Waals surface area contributed by atoms with Crippen molar-refractivity contribution in [3.63, 3.8) is 0 Å². The third kappa shape index (κ3) is 2.62. The molecular formula is C15H20N2O2. The maximum atomic E-state index is 11.3. The molecule has 1 aromatic heterocycles. The van der Waals surface area contributed by atoms with Crippen molar-refractivity contribution in [2.75, 3.05) is 0 Å². The van der Waals surface area contributed by atoms with Crippen LogP contribution in [-0.2, 0) is 17.8 Å². The maximum absolute atomic E-state index is 11.3. The molecule has 0 aliphatic rings. The second-order valence-corrected chi connectivity index (χ2v) is 5.15. The molecule has 19 heavy (non-hydrogen) atoms. The molecular weight excluding hydrogens is 240 g/mol.